The van der Waals surface area contributed by atoms with Crippen LogP contribution in [0, 0.1) is 11.8 Å². The summed E-state index contributed by atoms with van der Waals surface area (Å²) in [6.07, 6.45) is 9.93. The Morgan fingerprint density at radius 3 is 2.52 bits per heavy atom. The summed E-state index contributed by atoms with van der Waals surface area (Å²) in [5.41, 5.74) is 0. The van der Waals surface area contributed by atoms with Gasteiger partial charge in [-0.3, -0.25) is 14.4 Å². The van der Waals surface area contributed by atoms with Gasteiger partial charge in [-0.1, -0.05) is 37.6 Å². The van der Waals surface area contributed by atoms with Crippen LogP contribution < -0.4 is 0 Å². The number of likely N-dealkylation sites (tertiary alicyclic amines) is 1. The van der Waals surface area contributed by atoms with E-state index in [1.807, 2.05) is 37.0 Å². The molecule has 4 aliphatic rings. The molecular weight excluding hydrogens is 414 g/mol. The zero-order chi connectivity index (χ0) is 22.6. The SMILES string of the molecule is CCCC(C)N1CC=C[C@]23S[C@@]4(C)C=CCN(C)C(=O)[C@H]4[C@H]2C(=O)N(CCO)C3C1=O. The summed E-state index contributed by atoms with van der Waals surface area (Å²) in [6, 6.07) is -0.655. The molecule has 31 heavy (non-hydrogen) atoms. The highest BCUT2D eigenvalue weighted by Crippen LogP contribution is 2.65. The highest BCUT2D eigenvalue weighted by Gasteiger charge is 2.73. The van der Waals surface area contributed by atoms with Gasteiger partial charge in [0.1, 0.15) is 6.04 Å². The molecule has 8 heteroatoms. The molecule has 0 bridgehead atoms. The number of hydrogen-bond acceptors (Lipinski definition) is 5. The van der Waals surface area contributed by atoms with E-state index in [1.54, 1.807) is 28.6 Å². The zero-order valence-corrected chi connectivity index (χ0v) is 19.6. The van der Waals surface area contributed by atoms with Crippen LogP contribution in [-0.4, -0.2) is 92.4 Å². The number of likely N-dealkylation sites (N-methyl/N-ethyl adjacent to an activating group) is 1. The van der Waals surface area contributed by atoms with Crippen LogP contribution in [0.25, 0.3) is 0 Å². The third kappa shape index (κ3) is 3.17. The van der Waals surface area contributed by atoms with Gasteiger partial charge in [-0.2, -0.15) is 0 Å². The molecule has 1 N–H and O–H groups in total. The second kappa shape index (κ2) is 7.96. The number of carbonyl (C=O) groups is 3. The van der Waals surface area contributed by atoms with Crippen LogP contribution in [0.3, 0.4) is 0 Å². The Morgan fingerprint density at radius 2 is 1.84 bits per heavy atom. The van der Waals surface area contributed by atoms with E-state index < -0.39 is 27.4 Å². The Hall–Kier alpha value is -1.80. The van der Waals surface area contributed by atoms with Crippen molar-refractivity contribution in [2.45, 2.75) is 55.2 Å². The minimum Gasteiger partial charge on any atom is -0.395 e. The molecule has 4 rings (SSSR count). The monoisotopic (exact) mass is 447 g/mol. The molecule has 4 aliphatic heterocycles. The molecule has 1 spiro atoms. The van der Waals surface area contributed by atoms with Gasteiger partial charge in [0.05, 0.1) is 23.2 Å². The number of aliphatic hydroxyl groups excluding tert-OH is 1. The lowest BCUT2D eigenvalue weighted by atomic mass is 9.74. The summed E-state index contributed by atoms with van der Waals surface area (Å²) in [6.45, 7) is 7.06. The summed E-state index contributed by atoms with van der Waals surface area (Å²) in [7, 11) is 1.76. The average molecular weight is 448 g/mol. The lowest BCUT2D eigenvalue weighted by molar-refractivity contribution is -0.145. The molecule has 3 amide bonds. The van der Waals surface area contributed by atoms with E-state index in [2.05, 4.69) is 13.0 Å². The molecule has 0 aliphatic carbocycles. The Morgan fingerprint density at radius 1 is 1.13 bits per heavy atom. The van der Waals surface area contributed by atoms with Crippen LogP contribution >= 0.6 is 11.8 Å². The highest BCUT2D eigenvalue weighted by molar-refractivity contribution is 8.02. The topological polar surface area (TPSA) is 81.2 Å². The van der Waals surface area contributed by atoms with E-state index in [0.29, 0.717) is 13.1 Å². The predicted octanol–water partition coefficient (Wildman–Crippen LogP) is 1.28. The first-order valence-corrected chi connectivity index (χ1v) is 12.1. The largest absolute Gasteiger partial charge is 0.395 e. The molecule has 7 nitrogen and oxygen atoms in total. The van der Waals surface area contributed by atoms with E-state index in [1.165, 1.54) is 0 Å². The zero-order valence-electron chi connectivity index (χ0n) is 18.8. The average Bonchev–Trinajstić information content (AvgIpc) is 2.98. The van der Waals surface area contributed by atoms with Crippen molar-refractivity contribution in [1.82, 2.24) is 14.7 Å². The van der Waals surface area contributed by atoms with Crippen LogP contribution in [0.15, 0.2) is 24.3 Å². The maximum absolute atomic E-state index is 13.9. The van der Waals surface area contributed by atoms with Gasteiger partial charge in [0.15, 0.2) is 0 Å². The van der Waals surface area contributed by atoms with Crippen LogP contribution in [0.1, 0.15) is 33.6 Å². The van der Waals surface area contributed by atoms with Crippen LogP contribution in [0.5, 0.6) is 0 Å². The van der Waals surface area contributed by atoms with E-state index >= 15 is 0 Å². The van der Waals surface area contributed by atoms with Crippen molar-refractivity contribution < 1.29 is 19.5 Å². The number of nitrogens with zero attached hydrogens (tertiary/aromatic N) is 3. The molecular formula is C23H33N3O4S. The van der Waals surface area contributed by atoms with Gasteiger partial charge in [0, 0.05) is 37.5 Å². The van der Waals surface area contributed by atoms with Crippen molar-refractivity contribution in [3.05, 3.63) is 24.3 Å². The number of amides is 3. The molecule has 0 radical (unpaired) electrons. The normalized spacial score (nSPS) is 38.2. The smallest absolute Gasteiger partial charge is 0.247 e. The van der Waals surface area contributed by atoms with E-state index in [9.17, 15) is 19.5 Å². The van der Waals surface area contributed by atoms with E-state index in [0.717, 1.165) is 12.8 Å². The van der Waals surface area contributed by atoms with Crippen LogP contribution in [0.4, 0.5) is 0 Å². The standard InChI is InChI=1S/C23H33N3O4S/c1-5-8-15(2)25-12-7-10-23-17(20(29)26(13-14-27)18(23)21(25)30)16-19(28)24(4)11-6-9-22(16,3)31-23/h6-7,9-10,15-18,27H,5,8,11-14H2,1-4H3/t15?,16-,17+,18?,22+,23+/m1/s1. The van der Waals surface area contributed by atoms with Crippen molar-refractivity contribution in [2.75, 3.05) is 33.3 Å². The number of rotatable bonds is 5. The van der Waals surface area contributed by atoms with Crippen molar-refractivity contribution in [3.63, 3.8) is 0 Å². The Labute approximate surface area is 188 Å². The fourth-order valence-electron chi connectivity index (χ4n) is 5.98. The van der Waals surface area contributed by atoms with Gasteiger partial charge in [0.2, 0.25) is 17.7 Å². The fraction of sp³-hybridized carbons (Fsp3) is 0.696. The Kier molecular flexibility index (Phi) is 5.75. The Bertz CT molecular complexity index is 845. The molecule has 2 fully saturated rings. The van der Waals surface area contributed by atoms with Gasteiger partial charge in [0.25, 0.3) is 0 Å². The molecule has 0 aromatic carbocycles. The van der Waals surface area contributed by atoms with Crippen molar-refractivity contribution >= 4 is 29.5 Å². The molecule has 0 aromatic heterocycles. The summed E-state index contributed by atoms with van der Waals surface area (Å²) in [4.78, 5) is 46.2. The number of thioether (sulfide) groups is 1. The van der Waals surface area contributed by atoms with Crippen molar-refractivity contribution in [1.29, 1.82) is 0 Å². The fourth-order valence-corrected chi connectivity index (χ4v) is 8.14. The molecule has 2 saturated heterocycles. The molecule has 170 valence electrons. The van der Waals surface area contributed by atoms with Crippen LogP contribution in [-0.2, 0) is 14.4 Å². The first kappa shape index (κ1) is 22.4. The number of aliphatic hydroxyl groups is 1. The second-order valence-corrected chi connectivity index (χ2v) is 11.2. The van der Waals surface area contributed by atoms with Crippen molar-refractivity contribution in [3.8, 4) is 0 Å². The van der Waals surface area contributed by atoms with E-state index in [-0.39, 0.29) is 36.9 Å². The number of carbonyl (C=O) groups excluding carboxylic acids is 3. The summed E-state index contributed by atoms with van der Waals surface area (Å²) >= 11 is 1.58. The molecule has 0 saturated carbocycles. The molecule has 2 unspecified atom stereocenters. The first-order valence-electron chi connectivity index (χ1n) is 11.2. The maximum Gasteiger partial charge on any atom is 0.247 e. The lowest BCUT2D eigenvalue weighted by Gasteiger charge is -2.38. The third-order valence-corrected chi connectivity index (χ3v) is 9.17. The summed E-state index contributed by atoms with van der Waals surface area (Å²) in [5, 5.41) is 9.70. The third-order valence-electron chi connectivity index (χ3n) is 7.37. The van der Waals surface area contributed by atoms with Crippen molar-refractivity contribution in [2.24, 2.45) is 11.8 Å². The lowest BCUT2D eigenvalue weighted by Crippen LogP contribution is -2.55. The molecule has 4 heterocycles. The van der Waals surface area contributed by atoms with Gasteiger partial charge in [-0.15, -0.1) is 11.8 Å². The number of β-amino-alcohol motifs (C(OH)–C–C–N with tert-alkyl or cyclic N) is 1. The van der Waals surface area contributed by atoms with Gasteiger partial charge in [-0.25, -0.2) is 0 Å². The summed E-state index contributed by atoms with van der Waals surface area (Å²) in [5.74, 6) is -1.50. The minimum absolute atomic E-state index is 0.0545. The quantitative estimate of drug-likeness (QED) is 0.642. The number of hydrogen-bond donors (Lipinski definition) is 1. The number of fused-ring (bicyclic) bond motifs is 2. The minimum atomic E-state index is -0.818. The highest BCUT2D eigenvalue weighted by atomic mass is 32.2. The van der Waals surface area contributed by atoms with Gasteiger partial charge < -0.3 is 19.8 Å². The van der Waals surface area contributed by atoms with Gasteiger partial charge >= 0.3 is 0 Å². The molecule has 6 atom stereocenters. The summed E-state index contributed by atoms with van der Waals surface area (Å²) < 4.78 is -1.39. The Balaban J connectivity index is 1.85. The predicted molar refractivity (Wildman–Crippen MR) is 120 cm³/mol. The van der Waals surface area contributed by atoms with Gasteiger partial charge in [-0.05, 0) is 20.3 Å². The van der Waals surface area contributed by atoms with Crippen LogP contribution in [0.2, 0.25) is 0 Å². The maximum atomic E-state index is 13.9. The first-order chi connectivity index (χ1) is 14.7. The second-order valence-electron chi connectivity index (χ2n) is 9.40. The molecule has 0 aromatic rings. The van der Waals surface area contributed by atoms with E-state index in [4.69, 9.17) is 0 Å².